The van der Waals surface area contributed by atoms with E-state index < -0.39 is 0 Å². The number of hydrogen-bond acceptors (Lipinski definition) is 3. The average molecular weight is 262 g/mol. The number of benzene rings is 1. The van der Waals surface area contributed by atoms with Gasteiger partial charge in [0, 0.05) is 18.7 Å². The molecule has 0 aliphatic carbocycles. The summed E-state index contributed by atoms with van der Waals surface area (Å²) in [6.45, 7) is 5.11. The molecule has 0 fully saturated rings. The highest BCUT2D eigenvalue weighted by Gasteiger charge is 1.98. The second kappa shape index (κ2) is 8.32. The lowest BCUT2D eigenvalue weighted by molar-refractivity contribution is -0.116. The van der Waals surface area contributed by atoms with E-state index in [9.17, 15) is 4.79 Å². The molecule has 4 heteroatoms. The lowest BCUT2D eigenvalue weighted by Crippen LogP contribution is -2.34. The van der Waals surface area contributed by atoms with Crippen LogP contribution in [-0.2, 0) is 4.79 Å². The van der Waals surface area contributed by atoms with Gasteiger partial charge in [-0.1, -0.05) is 19.1 Å². The van der Waals surface area contributed by atoms with Gasteiger partial charge in [0.15, 0.2) is 0 Å². The molecule has 0 aliphatic rings. The monoisotopic (exact) mass is 262 g/mol. The third-order valence-corrected chi connectivity index (χ3v) is 2.38. The lowest BCUT2D eigenvalue weighted by atomic mass is 10.2. The Bertz CT molecular complexity index is 411. The molecule has 0 aliphatic heterocycles. The van der Waals surface area contributed by atoms with Crippen molar-refractivity contribution in [1.29, 1.82) is 0 Å². The number of rotatable bonds is 7. The molecule has 1 amide bonds. The Labute approximate surface area is 114 Å². The maximum Gasteiger partial charge on any atom is 0.244 e. The number of carbonyl (C=O) groups excluding carboxylic acids is 1. The maximum atomic E-state index is 11.5. The van der Waals surface area contributed by atoms with Gasteiger partial charge in [-0.3, -0.25) is 4.79 Å². The highest BCUT2D eigenvalue weighted by atomic mass is 16.5. The molecule has 4 nitrogen and oxygen atoms in total. The molecule has 0 bridgehead atoms. The van der Waals surface area contributed by atoms with Crippen molar-refractivity contribution in [2.24, 2.45) is 5.73 Å². The van der Waals surface area contributed by atoms with Gasteiger partial charge in [-0.15, -0.1) is 0 Å². The molecule has 3 N–H and O–H groups in total. The van der Waals surface area contributed by atoms with E-state index in [2.05, 4.69) is 12.2 Å². The topological polar surface area (TPSA) is 64.3 Å². The fourth-order valence-corrected chi connectivity index (χ4v) is 1.39. The average Bonchev–Trinajstić information content (AvgIpc) is 2.41. The molecule has 19 heavy (non-hydrogen) atoms. The highest BCUT2D eigenvalue weighted by molar-refractivity contribution is 5.91. The summed E-state index contributed by atoms with van der Waals surface area (Å²) in [4.78, 5) is 11.5. The summed E-state index contributed by atoms with van der Waals surface area (Å²) >= 11 is 0. The molecule has 0 saturated carbocycles. The Morgan fingerprint density at radius 2 is 2.11 bits per heavy atom. The first-order chi connectivity index (χ1) is 9.11. The number of nitrogens with one attached hydrogen (secondary N) is 1. The molecule has 0 aromatic heterocycles. The number of carbonyl (C=O) groups is 1. The van der Waals surface area contributed by atoms with Gasteiger partial charge in [0.2, 0.25) is 5.91 Å². The van der Waals surface area contributed by atoms with Gasteiger partial charge >= 0.3 is 0 Å². The first kappa shape index (κ1) is 15.2. The van der Waals surface area contributed by atoms with Crippen LogP contribution >= 0.6 is 0 Å². The molecule has 0 radical (unpaired) electrons. The summed E-state index contributed by atoms with van der Waals surface area (Å²) in [6.07, 6.45) is 4.26. The summed E-state index contributed by atoms with van der Waals surface area (Å²) in [5.74, 6) is 0.712. The van der Waals surface area contributed by atoms with E-state index in [1.807, 2.05) is 31.2 Å². The van der Waals surface area contributed by atoms with E-state index in [0.717, 1.165) is 24.3 Å². The van der Waals surface area contributed by atoms with Gasteiger partial charge < -0.3 is 15.8 Å². The molecule has 1 aromatic rings. The zero-order valence-corrected chi connectivity index (χ0v) is 11.6. The summed E-state index contributed by atoms with van der Waals surface area (Å²) in [7, 11) is 0. The third kappa shape index (κ3) is 6.62. The summed E-state index contributed by atoms with van der Waals surface area (Å²) in [5, 5.41) is 2.72. The lowest BCUT2D eigenvalue weighted by Gasteiger charge is -2.05. The first-order valence-corrected chi connectivity index (χ1v) is 6.56. The van der Waals surface area contributed by atoms with Crippen LogP contribution in [0.1, 0.15) is 25.8 Å². The Balaban J connectivity index is 2.45. The van der Waals surface area contributed by atoms with Crippen molar-refractivity contribution >= 4 is 12.0 Å². The van der Waals surface area contributed by atoms with Crippen molar-refractivity contribution in [2.45, 2.75) is 26.3 Å². The van der Waals surface area contributed by atoms with E-state index in [-0.39, 0.29) is 11.9 Å². The number of nitrogens with two attached hydrogens (primary N) is 1. The van der Waals surface area contributed by atoms with Crippen molar-refractivity contribution in [2.75, 3.05) is 13.2 Å². The predicted molar refractivity (Wildman–Crippen MR) is 77.9 cm³/mol. The van der Waals surface area contributed by atoms with E-state index in [1.165, 1.54) is 6.08 Å². The van der Waals surface area contributed by atoms with Crippen LogP contribution in [0.4, 0.5) is 0 Å². The minimum atomic E-state index is -0.136. The Morgan fingerprint density at radius 1 is 1.42 bits per heavy atom. The van der Waals surface area contributed by atoms with Crippen LogP contribution in [0, 0.1) is 0 Å². The van der Waals surface area contributed by atoms with E-state index in [4.69, 9.17) is 10.5 Å². The Morgan fingerprint density at radius 3 is 2.68 bits per heavy atom. The van der Waals surface area contributed by atoms with Gasteiger partial charge in [0.1, 0.15) is 5.75 Å². The third-order valence-electron chi connectivity index (χ3n) is 2.38. The second-order valence-electron chi connectivity index (χ2n) is 4.47. The van der Waals surface area contributed by atoms with Crippen LogP contribution in [-0.4, -0.2) is 25.1 Å². The molecule has 104 valence electrons. The van der Waals surface area contributed by atoms with Crippen molar-refractivity contribution < 1.29 is 9.53 Å². The maximum absolute atomic E-state index is 11.5. The van der Waals surface area contributed by atoms with Gasteiger partial charge in [-0.05, 0) is 37.1 Å². The summed E-state index contributed by atoms with van der Waals surface area (Å²) in [6, 6.07) is 7.60. The largest absolute Gasteiger partial charge is 0.494 e. The summed E-state index contributed by atoms with van der Waals surface area (Å²) in [5.41, 5.74) is 6.51. The summed E-state index contributed by atoms with van der Waals surface area (Å²) < 4.78 is 5.48. The van der Waals surface area contributed by atoms with Crippen molar-refractivity contribution in [3.8, 4) is 5.75 Å². The van der Waals surface area contributed by atoms with Gasteiger partial charge in [-0.25, -0.2) is 0 Å². The zero-order valence-electron chi connectivity index (χ0n) is 11.6. The molecule has 0 spiro atoms. The van der Waals surface area contributed by atoms with Crippen LogP contribution in [0.2, 0.25) is 0 Å². The van der Waals surface area contributed by atoms with Crippen LogP contribution in [0.5, 0.6) is 5.75 Å². The van der Waals surface area contributed by atoms with E-state index in [1.54, 1.807) is 6.08 Å². The highest BCUT2D eigenvalue weighted by Crippen LogP contribution is 2.13. The van der Waals surface area contributed by atoms with Crippen LogP contribution in [0.25, 0.3) is 6.08 Å². The SMILES string of the molecule is CCCOc1ccc(/C=C/C(=O)NCC(C)N)cc1. The van der Waals surface area contributed by atoms with Crippen LogP contribution in [0.3, 0.4) is 0 Å². The first-order valence-electron chi connectivity index (χ1n) is 6.56. The van der Waals surface area contributed by atoms with Gasteiger partial charge in [0.25, 0.3) is 0 Å². The van der Waals surface area contributed by atoms with Gasteiger partial charge in [0.05, 0.1) is 6.61 Å². The van der Waals surface area contributed by atoms with E-state index in [0.29, 0.717) is 6.54 Å². The Hall–Kier alpha value is -1.81. The quantitative estimate of drug-likeness (QED) is 0.738. The molecule has 1 unspecified atom stereocenters. The minimum absolute atomic E-state index is 0.0349. The standard InChI is InChI=1S/C15H22N2O2/c1-3-10-19-14-7-4-13(5-8-14)6-9-15(18)17-11-12(2)16/h4-9,12H,3,10-11,16H2,1-2H3,(H,17,18)/b9-6+. The zero-order chi connectivity index (χ0) is 14.1. The molecular weight excluding hydrogens is 240 g/mol. The molecule has 1 atom stereocenters. The normalized spacial score (nSPS) is 12.4. The fraction of sp³-hybridized carbons (Fsp3) is 0.400. The number of hydrogen-bond donors (Lipinski definition) is 2. The van der Waals surface area contributed by atoms with Crippen LogP contribution in [0.15, 0.2) is 30.3 Å². The Kier molecular flexibility index (Phi) is 6.68. The minimum Gasteiger partial charge on any atom is -0.494 e. The van der Waals surface area contributed by atoms with Gasteiger partial charge in [-0.2, -0.15) is 0 Å². The molecular formula is C15H22N2O2. The predicted octanol–water partition coefficient (Wildman–Crippen LogP) is 1.95. The van der Waals surface area contributed by atoms with Crippen molar-refractivity contribution in [3.05, 3.63) is 35.9 Å². The molecule has 0 heterocycles. The van der Waals surface area contributed by atoms with E-state index >= 15 is 0 Å². The number of amides is 1. The number of ether oxygens (including phenoxy) is 1. The fourth-order valence-electron chi connectivity index (χ4n) is 1.39. The second-order valence-corrected chi connectivity index (χ2v) is 4.47. The van der Waals surface area contributed by atoms with Crippen LogP contribution < -0.4 is 15.8 Å². The molecule has 1 rings (SSSR count). The smallest absolute Gasteiger partial charge is 0.244 e. The van der Waals surface area contributed by atoms with Crippen molar-refractivity contribution in [1.82, 2.24) is 5.32 Å². The molecule has 1 aromatic carbocycles. The van der Waals surface area contributed by atoms with Crippen molar-refractivity contribution in [3.63, 3.8) is 0 Å². The molecule has 0 saturated heterocycles.